The first kappa shape index (κ1) is 13.8. The van der Waals surface area contributed by atoms with Crippen LogP contribution in [0.3, 0.4) is 0 Å². The second kappa shape index (κ2) is 5.90. The first-order valence-electron chi connectivity index (χ1n) is 5.52. The molecule has 1 aromatic rings. The number of nitrogens with one attached hydrogen (secondary N) is 1. The van der Waals surface area contributed by atoms with Crippen LogP contribution in [0, 0.1) is 5.92 Å². The van der Waals surface area contributed by atoms with Gasteiger partial charge in [0.15, 0.2) is 5.16 Å². The van der Waals surface area contributed by atoms with Gasteiger partial charge in [-0.25, -0.2) is 9.89 Å². The Balaban J connectivity index is 2.81. The fourth-order valence-electron chi connectivity index (χ4n) is 1.28. The van der Waals surface area contributed by atoms with Crippen molar-refractivity contribution in [2.45, 2.75) is 44.1 Å². The standard InChI is InChI=1S/C10H17N3O3S/c1-4-5-13-9(16)11-12-10(13)17-7(3)6(2)8(14)15/h6-7H,4-5H2,1-3H3,(H,11,16)(H,14,15). The topological polar surface area (TPSA) is 88.0 Å². The first-order chi connectivity index (χ1) is 7.97. The van der Waals surface area contributed by atoms with Gasteiger partial charge in [0.1, 0.15) is 0 Å². The molecule has 96 valence electrons. The molecule has 0 bridgehead atoms. The van der Waals surface area contributed by atoms with Gasteiger partial charge in [-0.2, -0.15) is 0 Å². The molecule has 0 fully saturated rings. The number of thioether (sulfide) groups is 1. The van der Waals surface area contributed by atoms with E-state index in [1.165, 1.54) is 16.3 Å². The number of carboxylic acids is 1. The lowest BCUT2D eigenvalue weighted by Crippen LogP contribution is -2.22. The van der Waals surface area contributed by atoms with Crippen LogP contribution in [0.5, 0.6) is 0 Å². The number of H-pyrrole nitrogens is 1. The number of hydrogen-bond donors (Lipinski definition) is 2. The zero-order valence-corrected chi connectivity index (χ0v) is 11.0. The van der Waals surface area contributed by atoms with Crippen LogP contribution in [0.1, 0.15) is 27.2 Å². The van der Waals surface area contributed by atoms with E-state index < -0.39 is 11.9 Å². The molecular weight excluding hydrogens is 242 g/mol. The maximum Gasteiger partial charge on any atom is 0.343 e. The number of hydrogen-bond acceptors (Lipinski definition) is 4. The average Bonchev–Trinajstić information content (AvgIpc) is 2.60. The molecule has 0 aromatic carbocycles. The van der Waals surface area contributed by atoms with Crippen molar-refractivity contribution in [3.05, 3.63) is 10.5 Å². The molecule has 0 aliphatic rings. The van der Waals surface area contributed by atoms with Gasteiger partial charge in [0.25, 0.3) is 0 Å². The summed E-state index contributed by atoms with van der Waals surface area (Å²) >= 11 is 1.31. The first-order valence-corrected chi connectivity index (χ1v) is 6.40. The van der Waals surface area contributed by atoms with Crippen LogP contribution in [-0.2, 0) is 11.3 Å². The predicted octanol–water partition coefficient (Wildman–Crippen LogP) is 1.18. The number of nitrogens with zero attached hydrogens (tertiary/aromatic N) is 2. The Morgan fingerprint density at radius 1 is 1.59 bits per heavy atom. The SMILES string of the molecule is CCCn1c(SC(C)C(C)C(=O)O)n[nH]c1=O. The Bertz CT molecular complexity index is 440. The quantitative estimate of drug-likeness (QED) is 0.749. The molecule has 0 saturated heterocycles. The van der Waals surface area contributed by atoms with Crippen molar-refractivity contribution in [3.63, 3.8) is 0 Å². The van der Waals surface area contributed by atoms with E-state index in [1.54, 1.807) is 6.92 Å². The van der Waals surface area contributed by atoms with E-state index in [2.05, 4.69) is 10.2 Å². The molecule has 1 heterocycles. The van der Waals surface area contributed by atoms with E-state index in [0.29, 0.717) is 11.7 Å². The van der Waals surface area contributed by atoms with Gasteiger partial charge in [-0.05, 0) is 6.42 Å². The molecule has 0 aliphatic heterocycles. The van der Waals surface area contributed by atoms with Gasteiger partial charge >= 0.3 is 11.7 Å². The summed E-state index contributed by atoms with van der Waals surface area (Å²) < 4.78 is 1.54. The zero-order chi connectivity index (χ0) is 13.0. The highest BCUT2D eigenvalue weighted by Gasteiger charge is 2.22. The van der Waals surface area contributed by atoms with Crippen molar-refractivity contribution in [1.29, 1.82) is 0 Å². The van der Waals surface area contributed by atoms with E-state index in [9.17, 15) is 9.59 Å². The van der Waals surface area contributed by atoms with Crippen LogP contribution in [-0.4, -0.2) is 31.1 Å². The fourth-order valence-corrected chi connectivity index (χ4v) is 2.34. The van der Waals surface area contributed by atoms with Crippen LogP contribution in [0.2, 0.25) is 0 Å². The Kier molecular flexibility index (Phi) is 4.80. The van der Waals surface area contributed by atoms with Crippen LogP contribution in [0.4, 0.5) is 0 Å². The van der Waals surface area contributed by atoms with Crippen LogP contribution in [0.15, 0.2) is 9.95 Å². The van der Waals surface area contributed by atoms with Gasteiger partial charge in [-0.15, -0.1) is 5.10 Å². The summed E-state index contributed by atoms with van der Waals surface area (Å²) in [5.74, 6) is -1.33. The predicted molar refractivity (Wildman–Crippen MR) is 65.3 cm³/mol. The van der Waals surface area contributed by atoms with E-state index in [4.69, 9.17) is 5.11 Å². The second-order valence-electron chi connectivity index (χ2n) is 3.91. The van der Waals surface area contributed by atoms with Crippen molar-refractivity contribution in [3.8, 4) is 0 Å². The van der Waals surface area contributed by atoms with Crippen molar-refractivity contribution >= 4 is 17.7 Å². The Morgan fingerprint density at radius 3 is 2.76 bits per heavy atom. The molecular formula is C10H17N3O3S. The Labute approximate surface area is 103 Å². The summed E-state index contributed by atoms with van der Waals surface area (Å²) in [4.78, 5) is 22.3. The third-order valence-electron chi connectivity index (χ3n) is 2.56. The normalized spacial score (nSPS) is 14.5. The molecule has 0 aliphatic carbocycles. The van der Waals surface area contributed by atoms with Crippen molar-refractivity contribution in [1.82, 2.24) is 14.8 Å². The molecule has 0 amide bonds. The summed E-state index contributed by atoms with van der Waals surface area (Å²) in [7, 11) is 0. The molecule has 0 saturated carbocycles. The molecule has 2 N–H and O–H groups in total. The van der Waals surface area contributed by atoms with Gasteiger partial charge in [-0.1, -0.05) is 32.5 Å². The number of carboxylic acid groups (broad SMARTS) is 1. The lowest BCUT2D eigenvalue weighted by atomic mass is 10.1. The molecule has 17 heavy (non-hydrogen) atoms. The number of aliphatic carboxylic acids is 1. The van der Waals surface area contributed by atoms with Gasteiger partial charge in [-0.3, -0.25) is 9.36 Å². The summed E-state index contributed by atoms with van der Waals surface area (Å²) in [6, 6.07) is 0. The van der Waals surface area contributed by atoms with Crippen LogP contribution in [0.25, 0.3) is 0 Å². The zero-order valence-electron chi connectivity index (χ0n) is 10.1. The van der Waals surface area contributed by atoms with Gasteiger partial charge in [0, 0.05) is 11.8 Å². The summed E-state index contributed by atoms with van der Waals surface area (Å²) in [6.07, 6.45) is 0.829. The average molecular weight is 259 g/mol. The Morgan fingerprint density at radius 2 is 2.24 bits per heavy atom. The minimum Gasteiger partial charge on any atom is -0.481 e. The molecule has 2 unspecified atom stereocenters. The Hall–Kier alpha value is -1.24. The monoisotopic (exact) mass is 259 g/mol. The summed E-state index contributed by atoms with van der Waals surface area (Å²) in [5.41, 5.74) is -0.246. The minimum atomic E-state index is -0.843. The van der Waals surface area contributed by atoms with Crippen LogP contribution < -0.4 is 5.69 Å². The molecule has 2 atom stereocenters. The fraction of sp³-hybridized carbons (Fsp3) is 0.700. The number of aromatic amines is 1. The third-order valence-corrected chi connectivity index (χ3v) is 3.86. The van der Waals surface area contributed by atoms with Crippen molar-refractivity contribution < 1.29 is 9.90 Å². The molecule has 6 nitrogen and oxygen atoms in total. The molecule has 1 rings (SSSR count). The highest BCUT2D eigenvalue weighted by molar-refractivity contribution is 7.99. The van der Waals surface area contributed by atoms with E-state index >= 15 is 0 Å². The second-order valence-corrected chi connectivity index (χ2v) is 5.26. The van der Waals surface area contributed by atoms with E-state index in [-0.39, 0.29) is 10.9 Å². The molecule has 1 aromatic heterocycles. The van der Waals surface area contributed by atoms with Gasteiger partial charge in [0.05, 0.1) is 5.92 Å². The lowest BCUT2D eigenvalue weighted by molar-refractivity contribution is -0.140. The highest BCUT2D eigenvalue weighted by atomic mass is 32.2. The summed E-state index contributed by atoms with van der Waals surface area (Å²) in [6.45, 7) is 6.02. The van der Waals surface area contributed by atoms with Crippen molar-refractivity contribution in [2.75, 3.05) is 0 Å². The van der Waals surface area contributed by atoms with E-state index in [1.807, 2.05) is 13.8 Å². The van der Waals surface area contributed by atoms with Gasteiger partial charge < -0.3 is 5.11 Å². The van der Waals surface area contributed by atoms with Gasteiger partial charge in [0.2, 0.25) is 0 Å². The smallest absolute Gasteiger partial charge is 0.343 e. The number of aromatic nitrogens is 3. The number of carbonyl (C=O) groups is 1. The maximum atomic E-state index is 11.4. The molecule has 0 radical (unpaired) electrons. The minimum absolute atomic E-state index is 0.140. The number of rotatable bonds is 6. The molecule has 0 spiro atoms. The highest BCUT2D eigenvalue weighted by Crippen LogP contribution is 2.25. The summed E-state index contributed by atoms with van der Waals surface area (Å²) in [5, 5.41) is 15.6. The largest absolute Gasteiger partial charge is 0.481 e. The lowest BCUT2D eigenvalue weighted by Gasteiger charge is -2.14. The maximum absolute atomic E-state index is 11.4. The van der Waals surface area contributed by atoms with E-state index in [0.717, 1.165) is 6.42 Å². The van der Waals surface area contributed by atoms with Crippen LogP contribution >= 0.6 is 11.8 Å². The molecule has 7 heteroatoms. The van der Waals surface area contributed by atoms with Crippen molar-refractivity contribution in [2.24, 2.45) is 5.92 Å². The third kappa shape index (κ3) is 3.36.